The van der Waals surface area contributed by atoms with Crippen molar-refractivity contribution in [3.8, 4) is 5.75 Å². The third-order valence-corrected chi connectivity index (χ3v) is 6.15. The van der Waals surface area contributed by atoms with Crippen LogP contribution in [0.2, 0.25) is 0 Å². The molecule has 0 aliphatic carbocycles. The third kappa shape index (κ3) is 5.66. The number of aromatic nitrogens is 3. The van der Waals surface area contributed by atoms with Crippen LogP contribution in [0.25, 0.3) is 21.9 Å². The van der Waals surface area contributed by atoms with E-state index in [-0.39, 0.29) is 5.95 Å². The molecule has 0 amide bonds. The lowest BCUT2D eigenvalue weighted by atomic mass is 10.1. The molecule has 35 heavy (non-hydrogen) atoms. The molecule has 8 nitrogen and oxygen atoms in total. The first-order valence-electron chi connectivity index (χ1n) is 12.3. The molecule has 0 aliphatic heterocycles. The second-order valence-corrected chi connectivity index (χ2v) is 8.68. The average Bonchev–Trinajstić information content (AvgIpc) is 3.17. The number of hydrogen-bond donors (Lipinski definition) is 3. The summed E-state index contributed by atoms with van der Waals surface area (Å²) in [6.45, 7) is 6.09. The number of hydrogen-bond acceptors (Lipinski definition) is 7. The SMILES string of the molecule is CCCCNc1nc(N)nc2c3ccccc3n(Cc3cc(CNCCCOC)ccc3OC)c12. The molecule has 4 aromatic rings. The summed E-state index contributed by atoms with van der Waals surface area (Å²) in [7, 11) is 3.45. The van der Waals surface area contributed by atoms with E-state index in [1.165, 1.54) is 5.56 Å². The van der Waals surface area contributed by atoms with E-state index in [4.69, 9.17) is 15.2 Å². The predicted molar refractivity (Wildman–Crippen MR) is 143 cm³/mol. The summed E-state index contributed by atoms with van der Waals surface area (Å²) < 4.78 is 13.2. The second kappa shape index (κ2) is 11.9. The number of fused-ring (bicyclic) bond motifs is 3. The van der Waals surface area contributed by atoms with Crippen LogP contribution in [0.5, 0.6) is 5.75 Å². The van der Waals surface area contributed by atoms with Gasteiger partial charge in [0.25, 0.3) is 0 Å². The number of nitrogen functional groups attached to an aromatic ring is 1. The Hall–Kier alpha value is -3.36. The van der Waals surface area contributed by atoms with Crippen molar-refractivity contribution in [1.82, 2.24) is 19.9 Å². The van der Waals surface area contributed by atoms with Crippen LogP contribution < -0.4 is 21.1 Å². The van der Waals surface area contributed by atoms with E-state index in [9.17, 15) is 0 Å². The number of anilines is 2. The summed E-state index contributed by atoms with van der Waals surface area (Å²) in [6.07, 6.45) is 3.14. The molecule has 0 spiro atoms. The number of unbranched alkanes of at least 4 members (excludes halogenated alkanes) is 1. The van der Waals surface area contributed by atoms with Gasteiger partial charge in [-0.1, -0.05) is 37.6 Å². The van der Waals surface area contributed by atoms with Crippen molar-refractivity contribution in [2.45, 2.75) is 39.3 Å². The minimum absolute atomic E-state index is 0.276. The minimum Gasteiger partial charge on any atom is -0.496 e. The smallest absolute Gasteiger partial charge is 0.222 e. The number of ether oxygens (including phenoxy) is 2. The zero-order valence-corrected chi connectivity index (χ0v) is 20.9. The van der Waals surface area contributed by atoms with Gasteiger partial charge in [0.2, 0.25) is 5.95 Å². The summed E-state index contributed by atoms with van der Waals surface area (Å²) in [5.74, 6) is 1.90. The van der Waals surface area contributed by atoms with Gasteiger partial charge < -0.3 is 30.4 Å². The highest BCUT2D eigenvalue weighted by atomic mass is 16.5. The summed E-state index contributed by atoms with van der Waals surface area (Å²) in [6, 6.07) is 14.7. The predicted octanol–water partition coefficient (Wildman–Crippen LogP) is 4.56. The van der Waals surface area contributed by atoms with Crippen LogP contribution in [0, 0.1) is 0 Å². The fourth-order valence-corrected chi connectivity index (χ4v) is 4.43. The van der Waals surface area contributed by atoms with Gasteiger partial charge in [-0.15, -0.1) is 0 Å². The Morgan fingerprint density at radius 1 is 1.03 bits per heavy atom. The first-order chi connectivity index (χ1) is 17.2. The van der Waals surface area contributed by atoms with Crippen molar-refractivity contribution >= 4 is 33.7 Å². The van der Waals surface area contributed by atoms with Crippen molar-refractivity contribution < 1.29 is 9.47 Å². The molecule has 8 heteroatoms. The van der Waals surface area contributed by atoms with Crippen LogP contribution in [0.4, 0.5) is 11.8 Å². The number of nitrogens with zero attached hydrogens (tertiary/aromatic N) is 3. The highest BCUT2D eigenvalue weighted by molar-refractivity contribution is 6.09. The summed E-state index contributed by atoms with van der Waals surface area (Å²) in [4.78, 5) is 9.21. The Labute approximate surface area is 206 Å². The van der Waals surface area contributed by atoms with Crippen molar-refractivity contribution in [2.24, 2.45) is 0 Å². The summed E-state index contributed by atoms with van der Waals surface area (Å²) in [5.41, 5.74) is 11.3. The normalized spacial score (nSPS) is 11.4. The maximum Gasteiger partial charge on any atom is 0.222 e. The Morgan fingerprint density at radius 2 is 1.89 bits per heavy atom. The van der Waals surface area contributed by atoms with Gasteiger partial charge in [-0.25, -0.2) is 4.98 Å². The molecule has 4 N–H and O–H groups in total. The quantitative estimate of drug-likeness (QED) is 0.243. The van der Waals surface area contributed by atoms with Gasteiger partial charge in [-0.05, 0) is 43.1 Å². The standard InChI is InChI=1S/C27H36N6O2/c1-4-5-14-30-26-25-24(31-27(28)32-26)21-9-6-7-10-22(21)33(25)18-20-16-19(11-12-23(20)35-3)17-29-13-8-15-34-2/h6-7,9-12,16,29H,4-5,8,13-15,17-18H2,1-3H3,(H3,28,30,31,32). The molecule has 2 aromatic carbocycles. The van der Waals surface area contributed by atoms with Crippen LogP contribution in [0.15, 0.2) is 42.5 Å². The van der Waals surface area contributed by atoms with Gasteiger partial charge in [0.15, 0.2) is 5.82 Å². The van der Waals surface area contributed by atoms with Gasteiger partial charge in [-0.3, -0.25) is 0 Å². The van der Waals surface area contributed by atoms with Gasteiger partial charge in [0, 0.05) is 37.8 Å². The van der Waals surface area contributed by atoms with Crippen LogP contribution in [-0.2, 0) is 17.8 Å². The Morgan fingerprint density at radius 3 is 2.69 bits per heavy atom. The number of para-hydroxylation sites is 1. The number of rotatable bonds is 13. The molecule has 4 rings (SSSR count). The second-order valence-electron chi connectivity index (χ2n) is 8.68. The molecule has 0 atom stereocenters. The molecule has 0 aliphatic rings. The number of benzene rings is 2. The maximum atomic E-state index is 6.12. The van der Waals surface area contributed by atoms with Crippen LogP contribution >= 0.6 is 0 Å². The lowest BCUT2D eigenvalue weighted by Gasteiger charge is -2.15. The third-order valence-electron chi connectivity index (χ3n) is 6.15. The first-order valence-corrected chi connectivity index (χ1v) is 12.3. The van der Waals surface area contributed by atoms with E-state index in [2.05, 4.69) is 62.4 Å². The molecule has 2 aromatic heterocycles. The Bertz CT molecular complexity index is 1270. The molecule has 2 heterocycles. The number of methoxy groups -OCH3 is 2. The minimum atomic E-state index is 0.276. The molecular weight excluding hydrogens is 440 g/mol. The molecule has 0 radical (unpaired) electrons. The zero-order valence-electron chi connectivity index (χ0n) is 20.9. The van der Waals surface area contributed by atoms with E-state index in [0.29, 0.717) is 6.54 Å². The van der Waals surface area contributed by atoms with E-state index in [0.717, 1.165) is 84.6 Å². The van der Waals surface area contributed by atoms with Gasteiger partial charge in [0.1, 0.15) is 16.8 Å². The molecule has 0 unspecified atom stereocenters. The monoisotopic (exact) mass is 476 g/mol. The highest BCUT2D eigenvalue weighted by Crippen LogP contribution is 2.34. The van der Waals surface area contributed by atoms with Crippen molar-refractivity contribution in [3.05, 3.63) is 53.6 Å². The molecule has 0 saturated heterocycles. The molecule has 0 saturated carbocycles. The molecular formula is C27H36N6O2. The number of nitrogens with two attached hydrogens (primary N) is 1. The van der Waals surface area contributed by atoms with E-state index < -0.39 is 0 Å². The van der Waals surface area contributed by atoms with Crippen LogP contribution in [0.3, 0.4) is 0 Å². The molecule has 0 bridgehead atoms. The fourth-order valence-electron chi connectivity index (χ4n) is 4.43. The lowest BCUT2D eigenvalue weighted by Crippen LogP contribution is -2.16. The topological polar surface area (TPSA) is 99.2 Å². The fraction of sp³-hybridized carbons (Fsp3) is 0.407. The largest absolute Gasteiger partial charge is 0.496 e. The average molecular weight is 477 g/mol. The van der Waals surface area contributed by atoms with Crippen LogP contribution in [-0.4, -0.2) is 48.5 Å². The van der Waals surface area contributed by atoms with Crippen molar-refractivity contribution in [2.75, 3.05) is 45.0 Å². The Balaban J connectivity index is 1.74. The van der Waals surface area contributed by atoms with E-state index in [1.807, 2.05) is 12.1 Å². The van der Waals surface area contributed by atoms with Crippen LogP contribution in [0.1, 0.15) is 37.3 Å². The lowest BCUT2D eigenvalue weighted by molar-refractivity contribution is 0.194. The zero-order chi connectivity index (χ0) is 24.6. The Kier molecular flexibility index (Phi) is 8.39. The highest BCUT2D eigenvalue weighted by Gasteiger charge is 2.19. The summed E-state index contributed by atoms with van der Waals surface area (Å²) in [5, 5.41) is 8.05. The maximum absolute atomic E-state index is 6.12. The van der Waals surface area contributed by atoms with Crippen molar-refractivity contribution in [3.63, 3.8) is 0 Å². The summed E-state index contributed by atoms with van der Waals surface area (Å²) >= 11 is 0. The van der Waals surface area contributed by atoms with Crippen molar-refractivity contribution in [1.29, 1.82) is 0 Å². The van der Waals surface area contributed by atoms with E-state index >= 15 is 0 Å². The molecule has 0 fully saturated rings. The number of nitrogens with one attached hydrogen (secondary N) is 2. The van der Waals surface area contributed by atoms with E-state index in [1.54, 1.807) is 14.2 Å². The van der Waals surface area contributed by atoms with Gasteiger partial charge in [0.05, 0.1) is 19.2 Å². The molecule has 186 valence electrons. The first kappa shape index (κ1) is 24.8. The van der Waals surface area contributed by atoms with Gasteiger partial charge in [-0.2, -0.15) is 4.98 Å². The van der Waals surface area contributed by atoms with Gasteiger partial charge >= 0.3 is 0 Å².